The van der Waals surface area contributed by atoms with Gasteiger partial charge in [-0.3, -0.25) is 0 Å². The number of oxazole rings is 1. The molecule has 2 atom stereocenters. The van der Waals surface area contributed by atoms with Crippen LogP contribution in [0.2, 0.25) is 0 Å². The first-order valence-electron chi connectivity index (χ1n) is 17.0. The second-order valence-electron chi connectivity index (χ2n) is 13.3. The van der Waals surface area contributed by atoms with Gasteiger partial charge in [-0.15, -0.1) is 0 Å². The van der Waals surface area contributed by atoms with Crippen LogP contribution in [0.5, 0.6) is 5.75 Å². The largest absolute Gasteiger partial charge is 0.439 e. The van der Waals surface area contributed by atoms with Crippen molar-refractivity contribution in [3.05, 3.63) is 131 Å². The lowest BCUT2D eigenvalue weighted by molar-refractivity contribution is -0.674. The lowest BCUT2D eigenvalue weighted by Crippen LogP contribution is -2.33. The minimum atomic E-state index is 0.649. The number of hydrogen-bond donors (Lipinski definition) is 0. The second kappa shape index (κ2) is 10.9. The molecule has 0 radical (unpaired) electrons. The molecule has 228 valence electrons. The van der Waals surface area contributed by atoms with Crippen molar-refractivity contribution in [3.8, 4) is 5.75 Å². The SMILES string of the molecule is CCN1C(=CC2=CC3=CC4=CC(=Cc5oc6cc7ccccc7cc6[n+]5CC)CCC4CC3CC2)Oc2cc3ccccc3cc21. The van der Waals surface area contributed by atoms with Gasteiger partial charge in [-0.25, -0.2) is 0 Å². The first-order chi connectivity index (χ1) is 22.6. The Morgan fingerprint density at radius 1 is 0.783 bits per heavy atom. The topological polar surface area (TPSA) is 29.5 Å². The Labute approximate surface area is 270 Å². The summed E-state index contributed by atoms with van der Waals surface area (Å²) in [4.78, 5) is 2.31. The first kappa shape index (κ1) is 27.5. The molecule has 1 aromatic heterocycles. The van der Waals surface area contributed by atoms with E-state index in [4.69, 9.17) is 9.15 Å². The molecule has 0 saturated heterocycles. The average Bonchev–Trinajstić information content (AvgIpc) is 3.59. The molecular weight excluding hydrogens is 564 g/mol. The standard InChI is InChI=1S/C42H39N2O2/c1-3-43-37-23-29-9-5-7-11-31(29)25-39(37)45-41(43)19-27-13-15-33-21-34-16-14-28(18-36(34)22-35(33)17-27)20-42-44(4-2)38-24-30-10-6-8-12-32(30)26-40(38)46-42/h5-12,17-20,22-26,33-34H,3-4,13-16,21H2,1-2H3/q+1. The predicted molar refractivity (Wildman–Crippen MR) is 188 cm³/mol. The summed E-state index contributed by atoms with van der Waals surface area (Å²) in [7, 11) is 0. The molecule has 46 heavy (non-hydrogen) atoms. The maximum atomic E-state index is 6.47. The zero-order valence-corrected chi connectivity index (χ0v) is 26.6. The van der Waals surface area contributed by atoms with Crippen LogP contribution in [0.15, 0.2) is 130 Å². The molecule has 4 aliphatic rings. The molecule has 2 unspecified atom stereocenters. The van der Waals surface area contributed by atoms with Crippen LogP contribution in [0.3, 0.4) is 0 Å². The van der Waals surface area contributed by atoms with E-state index in [1.54, 1.807) is 0 Å². The number of aromatic nitrogens is 1. The number of allylic oxidation sites excluding steroid dienone is 8. The minimum Gasteiger partial charge on any atom is -0.439 e. The highest BCUT2D eigenvalue weighted by Crippen LogP contribution is 2.46. The van der Waals surface area contributed by atoms with Crippen LogP contribution in [0.25, 0.3) is 38.7 Å². The van der Waals surface area contributed by atoms with Crippen molar-refractivity contribution in [1.29, 1.82) is 0 Å². The molecule has 0 spiro atoms. The molecular formula is C42H39N2O2+. The summed E-state index contributed by atoms with van der Waals surface area (Å²) < 4.78 is 15.3. The Kier molecular flexibility index (Phi) is 6.52. The van der Waals surface area contributed by atoms with E-state index in [-0.39, 0.29) is 0 Å². The van der Waals surface area contributed by atoms with E-state index in [0.717, 1.165) is 60.2 Å². The number of benzene rings is 4. The molecule has 0 saturated carbocycles. The van der Waals surface area contributed by atoms with Gasteiger partial charge in [-0.1, -0.05) is 66.8 Å². The zero-order chi connectivity index (χ0) is 30.8. The number of hydrogen-bond acceptors (Lipinski definition) is 3. The van der Waals surface area contributed by atoms with E-state index in [9.17, 15) is 0 Å². The summed E-state index contributed by atoms with van der Waals surface area (Å²) >= 11 is 0. The second-order valence-corrected chi connectivity index (χ2v) is 13.3. The Hall–Kier alpha value is -4.83. The van der Waals surface area contributed by atoms with Crippen LogP contribution in [-0.2, 0) is 6.54 Å². The fourth-order valence-corrected chi connectivity index (χ4v) is 8.17. The van der Waals surface area contributed by atoms with Gasteiger partial charge in [0, 0.05) is 18.7 Å². The van der Waals surface area contributed by atoms with Gasteiger partial charge in [0.25, 0.3) is 5.52 Å². The van der Waals surface area contributed by atoms with Gasteiger partial charge in [0.1, 0.15) is 6.54 Å². The molecule has 2 heterocycles. The molecule has 4 heteroatoms. The summed E-state index contributed by atoms with van der Waals surface area (Å²) in [5, 5.41) is 4.93. The zero-order valence-electron chi connectivity index (χ0n) is 26.6. The molecule has 9 rings (SSSR count). The number of anilines is 1. The molecule has 0 amide bonds. The summed E-state index contributed by atoms with van der Waals surface area (Å²) in [5.41, 5.74) is 8.95. The molecule has 0 fully saturated rings. The third kappa shape index (κ3) is 4.62. The number of ether oxygens (including phenoxy) is 1. The number of rotatable bonds is 4. The van der Waals surface area contributed by atoms with Crippen LogP contribution in [0.4, 0.5) is 5.69 Å². The third-order valence-electron chi connectivity index (χ3n) is 10.6. The lowest BCUT2D eigenvalue weighted by atomic mass is 9.69. The lowest BCUT2D eigenvalue weighted by Gasteiger charge is -2.35. The van der Waals surface area contributed by atoms with Gasteiger partial charge >= 0.3 is 5.89 Å². The third-order valence-corrected chi connectivity index (χ3v) is 10.6. The fourth-order valence-electron chi connectivity index (χ4n) is 8.17. The van der Waals surface area contributed by atoms with Gasteiger partial charge in [-0.2, -0.15) is 4.57 Å². The predicted octanol–water partition coefficient (Wildman–Crippen LogP) is 10.2. The quantitative estimate of drug-likeness (QED) is 0.192. The number of fused-ring (bicyclic) bond motifs is 6. The highest BCUT2D eigenvalue weighted by atomic mass is 16.5. The van der Waals surface area contributed by atoms with Crippen molar-refractivity contribution in [2.45, 2.75) is 52.5 Å². The molecule has 4 aromatic carbocycles. The smallest absolute Gasteiger partial charge is 0.374 e. The monoisotopic (exact) mass is 603 g/mol. The Balaban J connectivity index is 1.03. The molecule has 0 N–H and O–H groups in total. The molecule has 0 bridgehead atoms. The first-order valence-corrected chi connectivity index (χ1v) is 17.0. The molecule has 3 aliphatic carbocycles. The van der Waals surface area contributed by atoms with Crippen molar-refractivity contribution in [1.82, 2.24) is 0 Å². The van der Waals surface area contributed by atoms with Crippen molar-refractivity contribution in [2.24, 2.45) is 11.8 Å². The Morgan fingerprint density at radius 2 is 1.48 bits per heavy atom. The van der Waals surface area contributed by atoms with E-state index in [2.05, 4.69) is 126 Å². The summed E-state index contributed by atoms with van der Waals surface area (Å²) in [6.45, 7) is 6.15. The Morgan fingerprint density at radius 3 is 2.24 bits per heavy atom. The summed E-state index contributed by atoms with van der Waals surface area (Å²) in [6.07, 6.45) is 17.8. The minimum absolute atomic E-state index is 0.649. The van der Waals surface area contributed by atoms with Gasteiger partial charge in [0.2, 0.25) is 11.5 Å². The van der Waals surface area contributed by atoms with Crippen molar-refractivity contribution < 1.29 is 13.7 Å². The van der Waals surface area contributed by atoms with E-state index >= 15 is 0 Å². The van der Waals surface area contributed by atoms with Gasteiger partial charge in [0.05, 0.1) is 11.8 Å². The van der Waals surface area contributed by atoms with Crippen molar-refractivity contribution in [2.75, 3.05) is 11.4 Å². The highest BCUT2D eigenvalue weighted by molar-refractivity contribution is 5.93. The van der Waals surface area contributed by atoms with Gasteiger partial charge in [-0.05, 0) is 120 Å². The van der Waals surface area contributed by atoms with Gasteiger partial charge < -0.3 is 14.1 Å². The fraction of sp³-hybridized carbons (Fsp3) is 0.262. The van der Waals surface area contributed by atoms with Crippen LogP contribution in [0.1, 0.15) is 51.8 Å². The van der Waals surface area contributed by atoms with Crippen LogP contribution >= 0.6 is 0 Å². The Bertz CT molecular complexity index is 2210. The van der Waals surface area contributed by atoms with Crippen molar-refractivity contribution in [3.63, 3.8) is 0 Å². The van der Waals surface area contributed by atoms with Crippen LogP contribution in [-0.4, -0.2) is 6.54 Å². The summed E-state index contributed by atoms with van der Waals surface area (Å²) in [6, 6.07) is 25.9. The molecule has 5 aromatic rings. The average molecular weight is 604 g/mol. The number of aryl methyl sites for hydroxylation is 1. The maximum Gasteiger partial charge on any atom is 0.374 e. The van der Waals surface area contributed by atoms with E-state index in [1.165, 1.54) is 63.1 Å². The van der Waals surface area contributed by atoms with Crippen LogP contribution < -0.4 is 14.2 Å². The van der Waals surface area contributed by atoms with E-state index < -0.39 is 0 Å². The maximum absolute atomic E-state index is 6.47. The van der Waals surface area contributed by atoms with E-state index in [1.807, 2.05) is 0 Å². The molecule has 1 aliphatic heterocycles. The van der Waals surface area contributed by atoms with Crippen LogP contribution in [0, 0.1) is 11.8 Å². The summed E-state index contributed by atoms with van der Waals surface area (Å²) in [5.74, 6) is 4.13. The highest BCUT2D eigenvalue weighted by Gasteiger charge is 2.32. The number of nitrogens with zero attached hydrogens (tertiary/aromatic N) is 2. The normalized spacial score (nSPS) is 22.5. The van der Waals surface area contributed by atoms with Gasteiger partial charge in [0.15, 0.2) is 5.75 Å². The van der Waals surface area contributed by atoms with E-state index in [0.29, 0.717) is 11.8 Å². The van der Waals surface area contributed by atoms with Crippen molar-refractivity contribution >= 4 is 44.4 Å². The molecule has 4 nitrogen and oxygen atoms in total.